The van der Waals surface area contributed by atoms with Crippen LogP contribution in [0.4, 0.5) is 11.5 Å². The highest BCUT2D eigenvalue weighted by Gasteiger charge is 2.24. The van der Waals surface area contributed by atoms with Gasteiger partial charge in [0.05, 0.1) is 34.4 Å². The summed E-state index contributed by atoms with van der Waals surface area (Å²) >= 11 is 12.0. The van der Waals surface area contributed by atoms with Crippen LogP contribution in [-0.2, 0) is 0 Å². The van der Waals surface area contributed by atoms with Crippen LogP contribution in [0.15, 0.2) is 42.9 Å². The van der Waals surface area contributed by atoms with Crippen molar-refractivity contribution in [3.8, 4) is 5.69 Å². The summed E-state index contributed by atoms with van der Waals surface area (Å²) in [5, 5.41) is 12.4. The number of aromatic nitrogens is 4. The number of nitrogens with one attached hydrogen (secondary N) is 1. The lowest BCUT2D eigenvalue weighted by molar-refractivity contribution is 0.0735. The van der Waals surface area contributed by atoms with Crippen molar-refractivity contribution in [2.24, 2.45) is 0 Å². The molecule has 0 aliphatic rings. The Labute approximate surface area is 178 Å². The van der Waals surface area contributed by atoms with E-state index in [-0.39, 0.29) is 11.9 Å². The summed E-state index contributed by atoms with van der Waals surface area (Å²) < 4.78 is 0. The number of nitrogens with zero attached hydrogens (tertiary/aromatic N) is 5. The summed E-state index contributed by atoms with van der Waals surface area (Å²) in [6, 6.07) is 6.56. The first-order chi connectivity index (χ1) is 13.9. The Morgan fingerprint density at radius 1 is 1.24 bits per heavy atom. The van der Waals surface area contributed by atoms with Crippen LogP contribution < -0.4 is 11.1 Å². The minimum absolute atomic E-state index is 0.114. The Bertz CT molecular complexity index is 994. The number of rotatable bonds is 7. The molecule has 3 N–H and O–H groups in total. The first kappa shape index (κ1) is 20.9. The van der Waals surface area contributed by atoms with Crippen molar-refractivity contribution in [1.82, 2.24) is 24.9 Å². The average molecular weight is 434 g/mol. The predicted molar refractivity (Wildman–Crippen MR) is 115 cm³/mol. The normalized spacial score (nSPS) is 11.9. The number of hydrogen-bond acceptors (Lipinski definition) is 6. The molecule has 3 aromatic rings. The summed E-state index contributed by atoms with van der Waals surface area (Å²) in [5.41, 5.74) is 7.37. The van der Waals surface area contributed by atoms with Crippen LogP contribution in [0.3, 0.4) is 0 Å². The number of hydrogen-bond donors (Lipinski definition) is 2. The maximum Gasteiger partial charge on any atom is 0.256 e. The van der Waals surface area contributed by atoms with Gasteiger partial charge in [0.15, 0.2) is 0 Å². The maximum atomic E-state index is 13.2. The number of nitrogen functional groups attached to an aromatic ring is 1. The second kappa shape index (κ2) is 9.11. The van der Waals surface area contributed by atoms with Crippen molar-refractivity contribution in [2.45, 2.75) is 19.4 Å². The molecule has 152 valence electrons. The fraction of sp³-hybridized carbons (Fsp3) is 0.263. The van der Waals surface area contributed by atoms with Gasteiger partial charge >= 0.3 is 0 Å². The van der Waals surface area contributed by atoms with Crippen LogP contribution in [-0.4, -0.2) is 50.4 Å². The highest BCUT2D eigenvalue weighted by Crippen LogP contribution is 2.23. The van der Waals surface area contributed by atoms with Gasteiger partial charge in [-0.05, 0) is 30.7 Å². The van der Waals surface area contributed by atoms with E-state index in [1.807, 2.05) is 6.92 Å². The standard InChI is InChI=1S/C19H21Cl2N7O/c1-3-14(11-24-18-16(22)9-13(21)10-23-18)27(2)19(29)15-8-12(20)4-5-17(15)28-25-6-7-26-28/h4-10,14H,3,11,22H2,1-2H3,(H,23,24). The van der Waals surface area contributed by atoms with Gasteiger partial charge in [-0.15, -0.1) is 0 Å². The lowest BCUT2D eigenvalue weighted by Gasteiger charge is -2.28. The second-order valence-electron chi connectivity index (χ2n) is 6.43. The van der Waals surface area contributed by atoms with Crippen molar-refractivity contribution in [2.75, 3.05) is 24.6 Å². The van der Waals surface area contributed by atoms with E-state index in [0.29, 0.717) is 39.3 Å². The Kier molecular flexibility index (Phi) is 6.56. The highest BCUT2D eigenvalue weighted by atomic mass is 35.5. The van der Waals surface area contributed by atoms with Crippen LogP contribution in [0.25, 0.3) is 5.69 Å². The molecule has 10 heteroatoms. The van der Waals surface area contributed by atoms with Crippen molar-refractivity contribution in [3.63, 3.8) is 0 Å². The number of carbonyl (C=O) groups is 1. The van der Waals surface area contributed by atoms with Crippen molar-refractivity contribution in [3.05, 3.63) is 58.5 Å². The monoisotopic (exact) mass is 433 g/mol. The van der Waals surface area contributed by atoms with Crippen molar-refractivity contribution in [1.29, 1.82) is 0 Å². The molecule has 8 nitrogen and oxygen atoms in total. The summed E-state index contributed by atoms with van der Waals surface area (Å²) in [5.74, 6) is 0.336. The van der Waals surface area contributed by atoms with Gasteiger partial charge in [-0.3, -0.25) is 4.79 Å². The molecule has 3 rings (SSSR count). The number of anilines is 2. The van der Waals surface area contributed by atoms with Gasteiger partial charge in [-0.2, -0.15) is 15.0 Å². The summed E-state index contributed by atoms with van der Waals surface area (Å²) in [6.45, 7) is 2.47. The van der Waals surface area contributed by atoms with Gasteiger partial charge in [0.1, 0.15) is 5.82 Å². The molecule has 0 fully saturated rings. The number of pyridine rings is 1. The Balaban J connectivity index is 1.80. The van der Waals surface area contributed by atoms with E-state index in [2.05, 4.69) is 20.5 Å². The number of carbonyl (C=O) groups excluding carboxylic acids is 1. The first-order valence-corrected chi connectivity index (χ1v) is 9.74. The number of likely N-dealkylation sites (N-methyl/N-ethyl adjacent to an activating group) is 1. The van der Waals surface area contributed by atoms with Gasteiger partial charge in [0, 0.05) is 30.9 Å². The zero-order valence-electron chi connectivity index (χ0n) is 16.0. The third-order valence-corrected chi connectivity index (χ3v) is 4.99. The molecule has 0 aliphatic carbocycles. The third-order valence-electron chi connectivity index (χ3n) is 4.55. The Hall–Kier alpha value is -2.84. The number of benzene rings is 1. The van der Waals surface area contributed by atoms with Gasteiger partial charge in [0.25, 0.3) is 5.91 Å². The summed E-state index contributed by atoms with van der Waals surface area (Å²) in [7, 11) is 1.75. The van der Waals surface area contributed by atoms with E-state index in [0.717, 1.165) is 6.42 Å². The van der Waals surface area contributed by atoms with Crippen LogP contribution in [0.2, 0.25) is 10.0 Å². The zero-order valence-corrected chi connectivity index (χ0v) is 17.5. The molecule has 1 unspecified atom stereocenters. The third kappa shape index (κ3) is 4.78. The Morgan fingerprint density at radius 3 is 2.62 bits per heavy atom. The predicted octanol–water partition coefficient (Wildman–Crippen LogP) is 3.51. The molecule has 1 aromatic carbocycles. The Morgan fingerprint density at radius 2 is 1.97 bits per heavy atom. The number of amides is 1. The number of halogens is 2. The largest absolute Gasteiger partial charge is 0.396 e. The number of nitrogens with two attached hydrogens (primary N) is 1. The molecule has 29 heavy (non-hydrogen) atoms. The molecule has 0 saturated heterocycles. The second-order valence-corrected chi connectivity index (χ2v) is 7.30. The molecule has 2 aromatic heterocycles. The van der Waals surface area contributed by atoms with Crippen molar-refractivity contribution < 1.29 is 4.79 Å². The molecule has 0 saturated carbocycles. The van der Waals surface area contributed by atoms with E-state index >= 15 is 0 Å². The van der Waals surface area contributed by atoms with Gasteiger partial charge in [0.2, 0.25) is 0 Å². The van der Waals surface area contributed by atoms with Gasteiger partial charge < -0.3 is 16.0 Å². The molecular formula is C19H21Cl2N7O. The minimum atomic E-state index is -0.189. The van der Waals surface area contributed by atoms with E-state index in [1.54, 1.807) is 48.6 Å². The van der Waals surface area contributed by atoms with E-state index in [9.17, 15) is 4.79 Å². The fourth-order valence-corrected chi connectivity index (χ4v) is 3.26. The molecular weight excluding hydrogens is 413 g/mol. The minimum Gasteiger partial charge on any atom is -0.396 e. The van der Waals surface area contributed by atoms with Gasteiger partial charge in [-0.25, -0.2) is 4.98 Å². The summed E-state index contributed by atoms with van der Waals surface area (Å²) in [6.07, 6.45) is 5.34. The average Bonchev–Trinajstić information content (AvgIpc) is 3.23. The van der Waals surface area contributed by atoms with E-state index in [1.165, 1.54) is 11.0 Å². The molecule has 0 radical (unpaired) electrons. The molecule has 1 atom stereocenters. The van der Waals surface area contributed by atoms with E-state index in [4.69, 9.17) is 28.9 Å². The topological polar surface area (TPSA) is 102 Å². The van der Waals surface area contributed by atoms with Crippen LogP contribution >= 0.6 is 23.2 Å². The maximum absolute atomic E-state index is 13.2. The van der Waals surface area contributed by atoms with Crippen LogP contribution in [0.1, 0.15) is 23.7 Å². The van der Waals surface area contributed by atoms with Gasteiger partial charge in [-0.1, -0.05) is 30.1 Å². The van der Waals surface area contributed by atoms with Crippen molar-refractivity contribution >= 4 is 40.6 Å². The lowest BCUT2D eigenvalue weighted by Crippen LogP contribution is -2.41. The SMILES string of the molecule is CCC(CNc1ncc(Cl)cc1N)N(C)C(=O)c1cc(Cl)ccc1-n1nccn1. The molecule has 2 heterocycles. The molecule has 1 amide bonds. The molecule has 0 bridgehead atoms. The van der Waals surface area contributed by atoms with Crippen LogP contribution in [0.5, 0.6) is 0 Å². The van der Waals surface area contributed by atoms with E-state index < -0.39 is 0 Å². The summed E-state index contributed by atoms with van der Waals surface area (Å²) in [4.78, 5) is 20.5. The molecule has 0 aliphatic heterocycles. The zero-order chi connectivity index (χ0) is 21.0. The molecule has 0 spiro atoms. The first-order valence-electron chi connectivity index (χ1n) is 8.99. The lowest BCUT2D eigenvalue weighted by atomic mass is 10.1. The fourth-order valence-electron chi connectivity index (χ4n) is 2.92. The quantitative estimate of drug-likeness (QED) is 0.590. The smallest absolute Gasteiger partial charge is 0.256 e. The van der Waals surface area contributed by atoms with Crippen LogP contribution in [0, 0.1) is 0 Å². The highest BCUT2D eigenvalue weighted by molar-refractivity contribution is 6.31.